The van der Waals surface area contributed by atoms with Crippen LogP contribution in [0.1, 0.15) is 25.3 Å². The van der Waals surface area contributed by atoms with Crippen molar-refractivity contribution in [1.29, 1.82) is 5.26 Å². The smallest absolute Gasteiger partial charge is 0.267 e. The maximum absolute atomic E-state index is 12.1. The highest BCUT2D eigenvalue weighted by Crippen LogP contribution is 2.22. The number of aromatic nitrogens is 2. The lowest BCUT2D eigenvalue weighted by Gasteiger charge is -2.08. The van der Waals surface area contributed by atoms with E-state index < -0.39 is 0 Å². The normalized spacial score (nSPS) is 10.3. The largest absolute Gasteiger partial charge is 0.271 e. The van der Waals surface area contributed by atoms with Crippen molar-refractivity contribution in [3.63, 3.8) is 0 Å². The highest BCUT2D eigenvalue weighted by Gasteiger charge is 2.10. The first-order valence-corrected chi connectivity index (χ1v) is 7.16. The Balaban J connectivity index is 2.48. The Morgan fingerprint density at radius 3 is 3.00 bits per heavy atom. The summed E-state index contributed by atoms with van der Waals surface area (Å²) in [4.78, 5) is 13.2. The molecule has 0 fully saturated rings. The summed E-state index contributed by atoms with van der Waals surface area (Å²) in [5.74, 6) is 0. The predicted molar refractivity (Wildman–Crippen MR) is 76.0 cm³/mol. The topological polar surface area (TPSA) is 58.7 Å². The Hall–Kier alpha value is -1.93. The van der Waals surface area contributed by atoms with E-state index in [-0.39, 0.29) is 12.0 Å². The molecule has 2 aromatic heterocycles. The highest BCUT2D eigenvalue weighted by molar-refractivity contribution is 7.13. The lowest BCUT2D eigenvalue weighted by atomic mass is 10.2. The molecule has 4 nitrogen and oxygen atoms in total. The van der Waals surface area contributed by atoms with E-state index in [2.05, 4.69) is 12.0 Å². The van der Waals surface area contributed by atoms with E-state index in [4.69, 9.17) is 5.26 Å². The highest BCUT2D eigenvalue weighted by atomic mass is 32.1. The van der Waals surface area contributed by atoms with E-state index in [0.29, 0.717) is 12.1 Å². The van der Waals surface area contributed by atoms with Gasteiger partial charge in [-0.15, -0.1) is 11.3 Å². The number of hydrogen-bond acceptors (Lipinski definition) is 4. The molecule has 0 aromatic carbocycles. The number of aryl methyl sites for hydroxylation is 1. The molecule has 0 unspecified atom stereocenters. The zero-order valence-corrected chi connectivity index (χ0v) is 11.6. The lowest BCUT2D eigenvalue weighted by Crippen LogP contribution is -2.26. The summed E-state index contributed by atoms with van der Waals surface area (Å²) in [5.41, 5.74) is 1.16. The second-order valence-electron chi connectivity index (χ2n) is 4.25. The first-order chi connectivity index (χ1) is 9.26. The minimum Gasteiger partial charge on any atom is -0.267 e. The standard InChI is InChI=1S/C14H15N3OS/c1-2-3-8-17-14(18)11(6-7-15)10-12(16-17)13-5-4-9-19-13/h4-5,9-10H,2-3,6,8H2,1H3. The number of nitrogens with zero attached hydrogens (tertiary/aromatic N) is 3. The summed E-state index contributed by atoms with van der Waals surface area (Å²) in [7, 11) is 0. The second-order valence-corrected chi connectivity index (χ2v) is 5.20. The van der Waals surface area contributed by atoms with Gasteiger partial charge in [0, 0.05) is 12.1 Å². The van der Waals surface area contributed by atoms with Gasteiger partial charge >= 0.3 is 0 Å². The Morgan fingerprint density at radius 2 is 2.37 bits per heavy atom. The zero-order valence-electron chi connectivity index (χ0n) is 10.8. The molecule has 0 atom stereocenters. The van der Waals surface area contributed by atoms with Crippen LogP contribution in [0.4, 0.5) is 0 Å². The number of thiophene rings is 1. The minimum absolute atomic E-state index is 0.131. The van der Waals surface area contributed by atoms with E-state index in [0.717, 1.165) is 23.4 Å². The summed E-state index contributed by atoms with van der Waals surface area (Å²) < 4.78 is 1.49. The summed E-state index contributed by atoms with van der Waals surface area (Å²) in [6, 6.07) is 7.70. The van der Waals surface area contributed by atoms with Crippen LogP contribution in [-0.2, 0) is 13.0 Å². The van der Waals surface area contributed by atoms with E-state index in [1.807, 2.05) is 23.6 Å². The number of hydrogen-bond donors (Lipinski definition) is 0. The van der Waals surface area contributed by atoms with E-state index in [9.17, 15) is 4.79 Å². The number of rotatable bonds is 5. The summed E-state index contributed by atoms with van der Waals surface area (Å²) in [6.07, 6.45) is 2.05. The molecule has 0 aliphatic heterocycles. The maximum Gasteiger partial charge on any atom is 0.271 e. The fourth-order valence-electron chi connectivity index (χ4n) is 1.81. The zero-order chi connectivity index (χ0) is 13.7. The van der Waals surface area contributed by atoms with Crippen LogP contribution < -0.4 is 5.56 Å². The van der Waals surface area contributed by atoms with Gasteiger partial charge in [-0.1, -0.05) is 19.4 Å². The van der Waals surface area contributed by atoms with Crippen LogP contribution in [0.15, 0.2) is 28.4 Å². The molecule has 0 spiro atoms. The molecule has 5 heteroatoms. The third-order valence-corrected chi connectivity index (χ3v) is 3.71. The molecule has 0 saturated carbocycles. The van der Waals surface area contributed by atoms with Gasteiger partial charge < -0.3 is 0 Å². The summed E-state index contributed by atoms with van der Waals surface area (Å²) >= 11 is 1.58. The Morgan fingerprint density at radius 1 is 1.53 bits per heavy atom. The van der Waals surface area contributed by atoms with Gasteiger partial charge in [0.1, 0.15) is 5.69 Å². The van der Waals surface area contributed by atoms with Crippen molar-refractivity contribution in [2.45, 2.75) is 32.7 Å². The van der Waals surface area contributed by atoms with Crippen molar-refractivity contribution in [1.82, 2.24) is 9.78 Å². The molecule has 2 heterocycles. The number of unbranched alkanes of at least 4 members (excludes halogenated alkanes) is 1. The van der Waals surface area contributed by atoms with Gasteiger partial charge in [0.15, 0.2) is 0 Å². The summed E-state index contributed by atoms with van der Waals surface area (Å²) in [5, 5.41) is 15.2. The molecular formula is C14H15N3OS. The molecule has 0 aliphatic rings. The monoisotopic (exact) mass is 273 g/mol. The number of nitriles is 1. The minimum atomic E-state index is -0.143. The van der Waals surface area contributed by atoms with E-state index in [1.54, 1.807) is 17.4 Å². The predicted octanol–water partition coefficient (Wildman–Crippen LogP) is 2.84. The van der Waals surface area contributed by atoms with Crippen LogP contribution in [0.5, 0.6) is 0 Å². The van der Waals surface area contributed by atoms with Gasteiger partial charge in [0.25, 0.3) is 5.56 Å². The van der Waals surface area contributed by atoms with Crippen LogP contribution in [0.3, 0.4) is 0 Å². The van der Waals surface area contributed by atoms with Crippen LogP contribution in [0.2, 0.25) is 0 Å². The molecule has 2 aromatic rings. The van der Waals surface area contributed by atoms with Gasteiger partial charge in [-0.2, -0.15) is 10.4 Å². The van der Waals surface area contributed by atoms with Crippen LogP contribution in [0.25, 0.3) is 10.6 Å². The van der Waals surface area contributed by atoms with Crippen molar-refractivity contribution in [3.05, 3.63) is 39.5 Å². The molecule has 0 N–H and O–H groups in total. The van der Waals surface area contributed by atoms with Crippen molar-refractivity contribution < 1.29 is 0 Å². The van der Waals surface area contributed by atoms with Crippen molar-refractivity contribution >= 4 is 11.3 Å². The van der Waals surface area contributed by atoms with Gasteiger partial charge in [0.2, 0.25) is 0 Å². The van der Waals surface area contributed by atoms with E-state index in [1.165, 1.54) is 4.68 Å². The third kappa shape index (κ3) is 3.09. The Kier molecular flexibility index (Phi) is 4.48. The Bertz CT molecular complexity index is 638. The Labute approximate surface area is 115 Å². The van der Waals surface area contributed by atoms with E-state index >= 15 is 0 Å². The molecule has 0 bridgehead atoms. The first-order valence-electron chi connectivity index (χ1n) is 6.28. The average molecular weight is 273 g/mol. The molecule has 0 radical (unpaired) electrons. The van der Waals surface area contributed by atoms with Crippen molar-refractivity contribution in [3.8, 4) is 16.6 Å². The van der Waals surface area contributed by atoms with Gasteiger partial charge in [-0.25, -0.2) is 4.68 Å². The van der Waals surface area contributed by atoms with Crippen molar-refractivity contribution in [2.75, 3.05) is 0 Å². The molecule has 0 amide bonds. The maximum atomic E-state index is 12.1. The van der Waals surface area contributed by atoms with Gasteiger partial charge in [-0.3, -0.25) is 4.79 Å². The third-order valence-electron chi connectivity index (χ3n) is 2.82. The van der Waals surface area contributed by atoms with Crippen LogP contribution >= 0.6 is 11.3 Å². The van der Waals surface area contributed by atoms with Gasteiger partial charge in [-0.05, 0) is 23.9 Å². The SMILES string of the molecule is CCCCn1nc(-c2cccs2)cc(CC#N)c1=O. The second kappa shape index (κ2) is 6.30. The molecule has 2 rings (SSSR count). The quantitative estimate of drug-likeness (QED) is 0.841. The summed E-state index contributed by atoms with van der Waals surface area (Å²) in [6.45, 7) is 2.68. The molecule has 0 saturated heterocycles. The first kappa shape index (κ1) is 13.5. The molecular weight excluding hydrogens is 258 g/mol. The fourth-order valence-corrected chi connectivity index (χ4v) is 2.49. The fraction of sp³-hybridized carbons (Fsp3) is 0.357. The average Bonchev–Trinajstić information content (AvgIpc) is 2.94. The lowest BCUT2D eigenvalue weighted by molar-refractivity contribution is 0.541. The molecule has 0 aliphatic carbocycles. The van der Waals surface area contributed by atoms with Crippen LogP contribution in [-0.4, -0.2) is 9.78 Å². The van der Waals surface area contributed by atoms with Crippen molar-refractivity contribution in [2.24, 2.45) is 0 Å². The van der Waals surface area contributed by atoms with Gasteiger partial charge in [0.05, 0.1) is 17.4 Å². The molecule has 19 heavy (non-hydrogen) atoms. The van der Waals surface area contributed by atoms with Crippen LogP contribution in [0, 0.1) is 11.3 Å². The molecule has 98 valence electrons.